The molecule has 0 amide bonds. The van der Waals surface area contributed by atoms with Crippen LogP contribution in [0.3, 0.4) is 0 Å². The average molecular weight is 331 g/mol. The van der Waals surface area contributed by atoms with Crippen molar-refractivity contribution in [2.24, 2.45) is 21.5 Å². The lowest BCUT2D eigenvalue weighted by Crippen LogP contribution is -2.26. The summed E-state index contributed by atoms with van der Waals surface area (Å²) in [6, 6.07) is 0. The van der Waals surface area contributed by atoms with Crippen LogP contribution >= 0.6 is 11.3 Å². The molecule has 0 radical (unpaired) electrons. The van der Waals surface area contributed by atoms with Crippen molar-refractivity contribution < 1.29 is 23.0 Å². The standard InChI is InChI=1S/C8H10F3N5O2S2.H2/c9-8(10,11)20(17,18)2-1-14-3-5-4-19-7(15-5)16-6(12)13;/h1,4H,2-3H2,(H4,12,13,15,16);1H. The van der Waals surface area contributed by atoms with Gasteiger partial charge in [-0.1, -0.05) is 0 Å². The number of nitrogens with zero attached hydrogens (tertiary/aromatic N) is 3. The van der Waals surface area contributed by atoms with Gasteiger partial charge < -0.3 is 11.5 Å². The van der Waals surface area contributed by atoms with Crippen LogP contribution in [0.4, 0.5) is 18.3 Å². The minimum Gasteiger partial charge on any atom is -0.370 e. The highest BCUT2D eigenvalue weighted by molar-refractivity contribution is 7.92. The van der Waals surface area contributed by atoms with E-state index in [0.29, 0.717) is 11.9 Å². The highest BCUT2D eigenvalue weighted by atomic mass is 32.2. The molecule has 0 bridgehead atoms. The van der Waals surface area contributed by atoms with E-state index in [9.17, 15) is 21.6 Å². The SMILES string of the molecule is NC(N)=Nc1nc(CN=CCS(=O)(=O)C(F)(F)F)cs1.[HH]. The molecule has 4 N–H and O–H groups in total. The van der Waals surface area contributed by atoms with Crippen LogP contribution in [-0.4, -0.2) is 36.8 Å². The van der Waals surface area contributed by atoms with Crippen LogP contribution in [0, 0.1) is 0 Å². The van der Waals surface area contributed by atoms with Crippen molar-refractivity contribution in [2.75, 3.05) is 5.75 Å². The smallest absolute Gasteiger partial charge is 0.370 e. The van der Waals surface area contributed by atoms with Gasteiger partial charge in [0.25, 0.3) is 9.84 Å². The van der Waals surface area contributed by atoms with Crippen molar-refractivity contribution in [1.82, 2.24) is 4.98 Å². The molecule has 0 saturated heterocycles. The Labute approximate surface area is 117 Å². The van der Waals surface area contributed by atoms with Crippen molar-refractivity contribution in [1.29, 1.82) is 0 Å². The Bertz CT molecular complexity index is 622. The van der Waals surface area contributed by atoms with Gasteiger partial charge in [0, 0.05) is 13.0 Å². The molecule has 7 nitrogen and oxygen atoms in total. The summed E-state index contributed by atoms with van der Waals surface area (Å²) < 4.78 is 57.5. The van der Waals surface area contributed by atoms with Gasteiger partial charge in [-0.05, 0) is 0 Å². The first-order chi connectivity index (χ1) is 9.12. The van der Waals surface area contributed by atoms with Gasteiger partial charge in [-0.15, -0.1) is 11.3 Å². The lowest BCUT2D eigenvalue weighted by atomic mass is 10.5. The van der Waals surface area contributed by atoms with Gasteiger partial charge in [0.2, 0.25) is 5.13 Å². The third kappa shape index (κ3) is 4.77. The fourth-order valence-corrected chi connectivity index (χ4v) is 2.12. The van der Waals surface area contributed by atoms with Crippen LogP contribution in [0.15, 0.2) is 15.4 Å². The second kappa shape index (κ2) is 6.17. The molecule has 1 aromatic heterocycles. The van der Waals surface area contributed by atoms with Gasteiger partial charge in [-0.25, -0.2) is 13.4 Å². The molecule has 0 aliphatic heterocycles. The zero-order valence-corrected chi connectivity index (χ0v) is 11.5. The molecule has 1 aromatic rings. The predicted octanol–water partition coefficient (Wildman–Crippen LogP) is 0.799. The maximum absolute atomic E-state index is 12.0. The lowest BCUT2D eigenvalue weighted by Gasteiger charge is -2.04. The molecule has 114 valence electrons. The molecule has 0 saturated carbocycles. The number of hydrogen-bond acceptors (Lipinski definition) is 6. The van der Waals surface area contributed by atoms with Crippen LogP contribution < -0.4 is 11.5 Å². The maximum atomic E-state index is 12.0. The quantitative estimate of drug-likeness (QED) is 0.610. The summed E-state index contributed by atoms with van der Waals surface area (Å²) in [5.74, 6) is -1.38. The van der Waals surface area contributed by atoms with E-state index in [2.05, 4.69) is 15.0 Å². The summed E-state index contributed by atoms with van der Waals surface area (Å²) >= 11 is 1.11. The minimum atomic E-state index is -5.28. The molecule has 20 heavy (non-hydrogen) atoms. The van der Waals surface area contributed by atoms with E-state index in [0.717, 1.165) is 11.3 Å². The van der Waals surface area contributed by atoms with Gasteiger partial charge in [-0.2, -0.15) is 18.2 Å². The lowest BCUT2D eigenvalue weighted by molar-refractivity contribution is -0.0431. The van der Waals surface area contributed by atoms with Crippen LogP contribution in [0.5, 0.6) is 0 Å². The number of guanidine groups is 1. The first kappa shape index (κ1) is 16.4. The third-order valence-corrected chi connectivity index (χ3v) is 3.87. The molecular weight excluding hydrogens is 319 g/mol. The molecule has 0 atom stereocenters. The summed E-state index contributed by atoms with van der Waals surface area (Å²) in [4.78, 5) is 11.1. The van der Waals surface area contributed by atoms with Crippen molar-refractivity contribution >= 4 is 38.5 Å². The van der Waals surface area contributed by atoms with Crippen LogP contribution in [0.1, 0.15) is 7.12 Å². The van der Waals surface area contributed by atoms with E-state index in [1.54, 1.807) is 5.38 Å². The van der Waals surface area contributed by atoms with Crippen LogP contribution in [0.25, 0.3) is 0 Å². The van der Waals surface area contributed by atoms with Crippen LogP contribution in [-0.2, 0) is 16.4 Å². The monoisotopic (exact) mass is 331 g/mol. The van der Waals surface area contributed by atoms with E-state index in [4.69, 9.17) is 11.5 Å². The fraction of sp³-hybridized carbons (Fsp3) is 0.375. The molecular formula is C8H12F3N5O2S2. The largest absolute Gasteiger partial charge is 0.497 e. The predicted molar refractivity (Wildman–Crippen MR) is 71.7 cm³/mol. The Morgan fingerprint density at radius 2 is 2.15 bits per heavy atom. The first-order valence-electron chi connectivity index (χ1n) is 4.93. The van der Waals surface area contributed by atoms with Crippen molar-refractivity contribution in [2.45, 2.75) is 12.1 Å². The Hall–Kier alpha value is -1.69. The van der Waals surface area contributed by atoms with E-state index in [-0.39, 0.29) is 19.1 Å². The van der Waals surface area contributed by atoms with Gasteiger partial charge >= 0.3 is 5.51 Å². The molecule has 0 aliphatic carbocycles. The number of halogens is 3. The second-order valence-electron chi connectivity index (χ2n) is 3.41. The number of hydrogen-bond donors (Lipinski definition) is 2. The van der Waals surface area contributed by atoms with Crippen molar-refractivity contribution in [3.63, 3.8) is 0 Å². The Balaban J connectivity index is 0.00000400. The Kier molecular flexibility index (Phi) is 5.05. The summed E-state index contributed by atoms with van der Waals surface area (Å²) in [5, 5.41) is 1.83. The summed E-state index contributed by atoms with van der Waals surface area (Å²) in [6.07, 6.45) is 0.683. The number of thiazole rings is 1. The number of alkyl halides is 3. The topological polar surface area (TPSA) is 124 Å². The Morgan fingerprint density at radius 1 is 1.50 bits per heavy atom. The average Bonchev–Trinajstić information content (AvgIpc) is 2.69. The molecule has 0 aromatic carbocycles. The maximum Gasteiger partial charge on any atom is 0.497 e. The van der Waals surface area contributed by atoms with Gasteiger partial charge in [-0.3, -0.25) is 4.99 Å². The number of nitrogens with two attached hydrogens (primary N) is 2. The van der Waals surface area contributed by atoms with Crippen LogP contribution in [0.2, 0.25) is 0 Å². The molecule has 0 unspecified atom stereocenters. The van der Waals surface area contributed by atoms with Crippen molar-refractivity contribution in [3.8, 4) is 0 Å². The Morgan fingerprint density at radius 3 is 2.70 bits per heavy atom. The number of rotatable bonds is 5. The minimum absolute atomic E-state index is 0. The highest BCUT2D eigenvalue weighted by Crippen LogP contribution is 2.23. The van der Waals surface area contributed by atoms with E-state index < -0.39 is 21.1 Å². The van der Waals surface area contributed by atoms with E-state index in [1.807, 2.05) is 0 Å². The molecule has 1 rings (SSSR count). The number of aromatic nitrogens is 1. The van der Waals surface area contributed by atoms with Gasteiger partial charge in [0.05, 0.1) is 18.0 Å². The first-order valence-corrected chi connectivity index (χ1v) is 7.46. The number of sulfone groups is 1. The second-order valence-corrected chi connectivity index (χ2v) is 6.27. The number of aliphatic imine (C=N–C) groups is 2. The highest BCUT2D eigenvalue weighted by Gasteiger charge is 2.44. The van der Waals surface area contributed by atoms with E-state index >= 15 is 0 Å². The van der Waals surface area contributed by atoms with E-state index in [1.165, 1.54) is 0 Å². The zero-order valence-electron chi connectivity index (χ0n) is 9.83. The normalized spacial score (nSPS) is 12.8. The summed E-state index contributed by atoms with van der Waals surface area (Å²) in [6.45, 7) is -0.0656. The molecule has 1 heterocycles. The summed E-state index contributed by atoms with van der Waals surface area (Å²) in [7, 11) is -5.18. The molecule has 0 aliphatic rings. The zero-order chi connectivity index (χ0) is 15.4. The molecule has 0 spiro atoms. The van der Waals surface area contributed by atoms with Gasteiger partial charge in [0.1, 0.15) is 0 Å². The van der Waals surface area contributed by atoms with Crippen molar-refractivity contribution in [3.05, 3.63) is 11.1 Å². The van der Waals surface area contributed by atoms with Gasteiger partial charge in [0.15, 0.2) is 5.96 Å². The molecule has 12 heteroatoms. The summed E-state index contributed by atoms with van der Waals surface area (Å²) in [5.41, 5.74) is 5.41. The fourth-order valence-electron chi connectivity index (χ4n) is 0.934. The third-order valence-electron chi connectivity index (χ3n) is 1.79. The molecule has 0 fully saturated rings.